The Kier molecular flexibility index (Phi) is 3.07. The lowest BCUT2D eigenvalue weighted by Gasteiger charge is -2.01. The Morgan fingerprint density at radius 2 is 1.53 bits per heavy atom. The third kappa shape index (κ3) is 2.83. The lowest BCUT2D eigenvalue weighted by Crippen LogP contribution is -1.80. The first-order valence-corrected chi connectivity index (χ1v) is 5.73. The summed E-state index contributed by atoms with van der Waals surface area (Å²) in [7, 11) is 0. The van der Waals surface area contributed by atoms with E-state index in [1.807, 2.05) is 19.2 Å². The molecule has 1 aromatic carbocycles. The van der Waals surface area contributed by atoms with E-state index in [0.717, 1.165) is 5.69 Å². The van der Waals surface area contributed by atoms with E-state index in [-0.39, 0.29) is 0 Å². The zero-order valence-corrected chi connectivity index (χ0v) is 9.71. The second-order valence-electron chi connectivity index (χ2n) is 3.55. The van der Waals surface area contributed by atoms with Gasteiger partial charge in [-0.15, -0.1) is 0 Å². The van der Waals surface area contributed by atoms with Crippen LogP contribution in [0.1, 0.15) is 11.3 Å². The molecule has 1 nitrogen and oxygen atoms in total. The first-order valence-electron chi connectivity index (χ1n) is 4.91. The van der Waals surface area contributed by atoms with Crippen molar-refractivity contribution >= 4 is 11.8 Å². The average molecular weight is 215 g/mol. The van der Waals surface area contributed by atoms with E-state index in [2.05, 4.69) is 42.2 Å². The van der Waals surface area contributed by atoms with Crippen LogP contribution in [0.15, 0.2) is 52.4 Å². The Bertz CT molecular complexity index is 388. The van der Waals surface area contributed by atoms with Gasteiger partial charge in [-0.05, 0) is 38.1 Å². The zero-order chi connectivity index (χ0) is 10.7. The molecule has 2 rings (SSSR count). The smallest absolute Gasteiger partial charge is 0.0410 e. The molecule has 1 heterocycles. The predicted octanol–water partition coefficient (Wildman–Crippen LogP) is 3.85. The summed E-state index contributed by atoms with van der Waals surface area (Å²) in [6.07, 6.45) is 1.92. The number of nitrogens with zero attached hydrogens (tertiary/aromatic N) is 1. The fourth-order valence-corrected chi connectivity index (χ4v) is 2.04. The fourth-order valence-electron chi connectivity index (χ4n) is 1.26. The van der Waals surface area contributed by atoms with Crippen molar-refractivity contribution in [3.8, 4) is 0 Å². The minimum Gasteiger partial charge on any atom is -0.260 e. The van der Waals surface area contributed by atoms with Crippen molar-refractivity contribution in [2.45, 2.75) is 23.6 Å². The molecular weight excluding hydrogens is 202 g/mol. The van der Waals surface area contributed by atoms with Crippen molar-refractivity contribution < 1.29 is 0 Å². The number of aryl methyl sites for hydroxylation is 2. The molecule has 0 saturated carbocycles. The third-order valence-electron chi connectivity index (χ3n) is 2.14. The van der Waals surface area contributed by atoms with E-state index in [9.17, 15) is 0 Å². The summed E-state index contributed by atoms with van der Waals surface area (Å²) in [5.74, 6) is 0. The third-order valence-corrected chi connectivity index (χ3v) is 3.13. The van der Waals surface area contributed by atoms with Gasteiger partial charge in [0.15, 0.2) is 0 Å². The van der Waals surface area contributed by atoms with E-state index < -0.39 is 0 Å². The van der Waals surface area contributed by atoms with Gasteiger partial charge in [0.05, 0.1) is 0 Å². The summed E-state index contributed by atoms with van der Waals surface area (Å²) >= 11 is 1.74. The maximum absolute atomic E-state index is 4.27. The van der Waals surface area contributed by atoms with Gasteiger partial charge in [-0.25, -0.2) is 0 Å². The predicted molar refractivity (Wildman–Crippen MR) is 64.3 cm³/mol. The summed E-state index contributed by atoms with van der Waals surface area (Å²) in [6, 6.07) is 12.7. The molecule has 0 aliphatic heterocycles. The molecule has 0 spiro atoms. The van der Waals surface area contributed by atoms with Crippen LogP contribution in [0.3, 0.4) is 0 Å². The van der Waals surface area contributed by atoms with E-state index in [1.165, 1.54) is 15.4 Å². The summed E-state index contributed by atoms with van der Waals surface area (Å²) in [5, 5.41) is 0. The van der Waals surface area contributed by atoms with Crippen LogP contribution in [0.4, 0.5) is 0 Å². The molecule has 0 N–H and O–H groups in total. The molecule has 0 aliphatic rings. The highest BCUT2D eigenvalue weighted by atomic mass is 32.2. The zero-order valence-electron chi connectivity index (χ0n) is 8.90. The highest BCUT2D eigenvalue weighted by Gasteiger charge is 1.96. The SMILES string of the molecule is Cc1ccc(Sc2ccc(C)nc2)cc1. The van der Waals surface area contributed by atoms with E-state index in [4.69, 9.17) is 0 Å². The Hall–Kier alpha value is -1.28. The fraction of sp³-hybridized carbons (Fsp3) is 0.154. The van der Waals surface area contributed by atoms with Gasteiger partial charge in [0, 0.05) is 21.7 Å². The Morgan fingerprint density at radius 1 is 0.867 bits per heavy atom. The number of hydrogen-bond acceptors (Lipinski definition) is 2. The summed E-state index contributed by atoms with van der Waals surface area (Å²) < 4.78 is 0. The van der Waals surface area contributed by atoms with Crippen LogP contribution in [0, 0.1) is 13.8 Å². The molecule has 0 bridgehead atoms. The number of rotatable bonds is 2. The quantitative estimate of drug-likeness (QED) is 0.754. The van der Waals surface area contributed by atoms with Gasteiger partial charge in [0.1, 0.15) is 0 Å². The standard InChI is InChI=1S/C13H13NS/c1-10-3-6-12(7-4-10)15-13-8-5-11(2)14-9-13/h3-9H,1-2H3. The second kappa shape index (κ2) is 4.49. The lowest BCUT2D eigenvalue weighted by molar-refractivity contribution is 1.15. The number of benzene rings is 1. The molecule has 2 heteroatoms. The highest BCUT2D eigenvalue weighted by Crippen LogP contribution is 2.26. The minimum atomic E-state index is 1.06. The molecular formula is C13H13NS. The summed E-state index contributed by atoms with van der Waals surface area (Å²) in [5.41, 5.74) is 2.35. The van der Waals surface area contributed by atoms with Gasteiger partial charge in [-0.2, -0.15) is 0 Å². The molecule has 0 amide bonds. The normalized spacial score (nSPS) is 10.3. The molecule has 1 aromatic heterocycles. The molecule has 0 fully saturated rings. The van der Waals surface area contributed by atoms with Gasteiger partial charge >= 0.3 is 0 Å². The monoisotopic (exact) mass is 215 g/mol. The number of hydrogen-bond donors (Lipinski definition) is 0. The lowest BCUT2D eigenvalue weighted by atomic mass is 10.2. The number of aromatic nitrogens is 1. The van der Waals surface area contributed by atoms with Gasteiger partial charge in [-0.3, -0.25) is 4.98 Å². The molecule has 15 heavy (non-hydrogen) atoms. The van der Waals surface area contributed by atoms with Crippen molar-refractivity contribution in [2.24, 2.45) is 0 Å². The topological polar surface area (TPSA) is 12.9 Å². The highest BCUT2D eigenvalue weighted by molar-refractivity contribution is 7.99. The van der Waals surface area contributed by atoms with Gasteiger partial charge in [0.2, 0.25) is 0 Å². The Labute approximate surface area is 94.6 Å². The second-order valence-corrected chi connectivity index (χ2v) is 4.70. The van der Waals surface area contributed by atoms with Crippen molar-refractivity contribution in [1.29, 1.82) is 0 Å². The van der Waals surface area contributed by atoms with Crippen LogP contribution in [-0.2, 0) is 0 Å². The molecule has 76 valence electrons. The van der Waals surface area contributed by atoms with Crippen molar-refractivity contribution in [2.75, 3.05) is 0 Å². The average Bonchev–Trinajstić information content (AvgIpc) is 2.25. The number of pyridine rings is 1. The van der Waals surface area contributed by atoms with Crippen molar-refractivity contribution in [3.63, 3.8) is 0 Å². The van der Waals surface area contributed by atoms with Crippen molar-refractivity contribution in [1.82, 2.24) is 4.98 Å². The van der Waals surface area contributed by atoms with E-state index in [0.29, 0.717) is 0 Å². The summed E-state index contributed by atoms with van der Waals surface area (Å²) in [4.78, 5) is 6.71. The van der Waals surface area contributed by atoms with Crippen LogP contribution >= 0.6 is 11.8 Å². The largest absolute Gasteiger partial charge is 0.260 e. The molecule has 0 aliphatic carbocycles. The molecule has 0 radical (unpaired) electrons. The summed E-state index contributed by atoms with van der Waals surface area (Å²) in [6.45, 7) is 4.10. The van der Waals surface area contributed by atoms with Crippen LogP contribution in [0.25, 0.3) is 0 Å². The van der Waals surface area contributed by atoms with Crippen LogP contribution in [0.2, 0.25) is 0 Å². The van der Waals surface area contributed by atoms with Gasteiger partial charge in [0.25, 0.3) is 0 Å². The Balaban J connectivity index is 2.15. The molecule has 0 atom stereocenters. The van der Waals surface area contributed by atoms with Gasteiger partial charge < -0.3 is 0 Å². The van der Waals surface area contributed by atoms with Crippen molar-refractivity contribution in [3.05, 3.63) is 53.9 Å². The minimum absolute atomic E-state index is 1.06. The van der Waals surface area contributed by atoms with E-state index in [1.54, 1.807) is 11.8 Å². The van der Waals surface area contributed by atoms with Gasteiger partial charge in [-0.1, -0.05) is 29.5 Å². The van der Waals surface area contributed by atoms with E-state index >= 15 is 0 Å². The molecule has 0 unspecified atom stereocenters. The first kappa shape index (κ1) is 10.2. The maximum Gasteiger partial charge on any atom is 0.0410 e. The van der Waals surface area contributed by atoms with Crippen LogP contribution in [-0.4, -0.2) is 4.98 Å². The van der Waals surface area contributed by atoms with Crippen LogP contribution < -0.4 is 0 Å². The maximum atomic E-state index is 4.27. The Morgan fingerprint density at radius 3 is 2.13 bits per heavy atom. The van der Waals surface area contributed by atoms with Crippen LogP contribution in [0.5, 0.6) is 0 Å². The molecule has 2 aromatic rings. The molecule has 0 saturated heterocycles. The first-order chi connectivity index (χ1) is 7.24.